The zero-order chi connectivity index (χ0) is 20.3. The van der Waals surface area contributed by atoms with Crippen molar-refractivity contribution in [1.82, 2.24) is 9.88 Å². The van der Waals surface area contributed by atoms with Crippen molar-refractivity contribution in [2.24, 2.45) is 0 Å². The van der Waals surface area contributed by atoms with E-state index in [1.165, 1.54) is 23.0 Å². The quantitative estimate of drug-likeness (QED) is 0.561. The Morgan fingerprint density at radius 3 is 2.69 bits per heavy atom. The van der Waals surface area contributed by atoms with Gasteiger partial charge in [0, 0.05) is 54.5 Å². The van der Waals surface area contributed by atoms with Crippen molar-refractivity contribution < 1.29 is 8.42 Å². The minimum atomic E-state index is -3.19. The third kappa shape index (κ3) is 4.94. The van der Waals surface area contributed by atoms with Gasteiger partial charge in [-0.1, -0.05) is 36.4 Å². The van der Waals surface area contributed by atoms with Crippen LogP contribution in [0.15, 0.2) is 65.7 Å². The van der Waals surface area contributed by atoms with Crippen molar-refractivity contribution in [1.29, 1.82) is 0 Å². The summed E-state index contributed by atoms with van der Waals surface area (Å²) in [6.07, 6.45) is 6.71. The van der Waals surface area contributed by atoms with E-state index in [2.05, 4.69) is 46.3 Å². The molecule has 0 atom stereocenters. The van der Waals surface area contributed by atoms with Gasteiger partial charge in [-0.25, -0.2) is 8.42 Å². The Balaban J connectivity index is 1.30. The van der Waals surface area contributed by atoms with Gasteiger partial charge in [0.1, 0.15) is 0 Å². The molecule has 1 N–H and O–H groups in total. The second-order valence-corrected chi connectivity index (χ2v) is 10.6. The lowest BCUT2D eigenvalue weighted by molar-refractivity contribution is 0.321. The molecule has 1 aromatic heterocycles. The molecule has 4 rings (SSSR count). The van der Waals surface area contributed by atoms with Gasteiger partial charge in [0.25, 0.3) is 0 Å². The van der Waals surface area contributed by atoms with Crippen LogP contribution in [-0.2, 0) is 15.6 Å². The summed E-state index contributed by atoms with van der Waals surface area (Å²) < 4.78 is 23.7. The maximum absolute atomic E-state index is 11.8. The highest BCUT2D eigenvalue weighted by molar-refractivity contribution is 7.98. The highest BCUT2D eigenvalue weighted by Crippen LogP contribution is 2.26. The van der Waals surface area contributed by atoms with Gasteiger partial charge in [-0.2, -0.15) is 11.8 Å². The Kier molecular flexibility index (Phi) is 6.13. The first-order valence-electron chi connectivity index (χ1n) is 9.85. The van der Waals surface area contributed by atoms with Crippen LogP contribution in [-0.4, -0.2) is 49.9 Å². The molecule has 0 saturated carbocycles. The first kappa shape index (κ1) is 20.3. The fourth-order valence-corrected chi connectivity index (χ4v) is 5.35. The van der Waals surface area contributed by atoms with E-state index >= 15 is 0 Å². The second-order valence-electron chi connectivity index (χ2n) is 7.49. The molecule has 2 aromatic carbocycles. The average Bonchev–Trinajstić information content (AvgIpc) is 3.14. The number of rotatable bonds is 7. The first-order chi connectivity index (χ1) is 14.0. The Bertz CT molecular complexity index is 1120. The van der Waals surface area contributed by atoms with Crippen molar-refractivity contribution in [2.75, 3.05) is 31.6 Å². The number of nitrogens with one attached hydrogen (secondary N) is 1. The van der Waals surface area contributed by atoms with Crippen LogP contribution in [0.3, 0.4) is 0 Å². The number of nitrogens with zero attached hydrogens (tertiary/aromatic N) is 1. The van der Waals surface area contributed by atoms with E-state index in [0.29, 0.717) is 4.90 Å². The number of thioether (sulfide) groups is 1. The number of fused-ring (bicyclic) bond motifs is 1. The van der Waals surface area contributed by atoms with Gasteiger partial charge in [-0.3, -0.25) is 4.90 Å². The Morgan fingerprint density at radius 2 is 1.97 bits per heavy atom. The predicted molar refractivity (Wildman–Crippen MR) is 123 cm³/mol. The van der Waals surface area contributed by atoms with Crippen LogP contribution in [0.4, 0.5) is 0 Å². The molecule has 0 aliphatic carbocycles. The second kappa shape index (κ2) is 8.78. The van der Waals surface area contributed by atoms with Gasteiger partial charge in [0.15, 0.2) is 9.84 Å². The van der Waals surface area contributed by atoms with Gasteiger partial charge in [0.05, 0.1) is 4.90 Å². The van der Waals surface area contributed by atoms with E-state index in [1.807, 2.05) is 24.0 Å². The molecule has 1 aliphatic rings. The third-order valence-corrected chi connectivity index (χ3v) is 7.51. The maximum Gasteiger partial charge on any atom is 0.175 e. The fraction of sp³-hybridized carbons (Fsp3) is 0.304. The summed E-state index contributed by atoms with van der Waals surface area (Å²) in [7, 11) is -3.19. The molecule has 0 amide bonds. The van der Waals surface area contributed by atoms with Crippen molar-refractivity contribution in [3.63, 3.8) is 0 Å². The molecule has 0 radical (unpaired) electrons. The van der Waals surface area contributed by atoms with Crippen molar-refractivity contribution in [3.8, 4) is 0 Å². The van der Waals surface area contributed by atoms with E-state index in [1.54, 1.807) is 12.1 Å². The van der Waals surface area contributed by atoms with Gasteiger partial charge in [-0.05, 0) is 41.3 Å². The van der Waals surface area contributed by atoms with Crippen molar-refractivity contribution in [2.45, 2.75) is 17.1 Å². The van der Waals surface area contributed by atoms with Crippen LogP contribution in [0.1, 0.15) is 17.5 Å². The summed E-state index contributed by atoms with van der Waals surface area (Å²) in [6.45, 7) is 3.18. The Labute approximate surface area is 176 Å². The van der Waals surface area contributed by atoms with Gasteiger partial charge < -0.3 is 4.98 Å². The molecule has 152 valence electrons. The van der Waals surface area contributed by atoms with Crippen molar-refractivity contribution in [3.05, 3.63) is 71.9 Å². The summed E-state index contributed by atoms with van der Waals surface area (Å²) in [5.41, 5.74) is 4.95. The van der Waals surface area contributed by atoms with E-state index in [-0.39, 0.29) is 0 Å². The fourth-order valence-electron chi connectivity index (χ4n) is 3.71. The largest absolute Gasteiger partial charge is 0.361 e. The predicted octanol–water partition coefficient (Wildman–Crippen LogP) is 4.59. The zero-order valence-electron chi connectivity index (χ0n) is 16.6. The monoisotopic (exact) mass is 426 g/mol. The van der Waals surface area contributed by atoms with Gasteiger partial charge >= 0.3 is 0 Å². The third-order valence-electron chi connectivity index (χ3n) is 5.41. The number of benzene rings is 2. The summed E-state index contributed by atoms with van der Waals surface area (Å²) in [5.74, 6) is 1.94. The molecule has 0 unspecified atom stereocenters. The molecular formula is C23H26N2O2S2. The van der Waals surface area contributed by atoms with Crippen LogP contribution in [0.25, 0.3) is 16.5 Å². The van der Waals surface area contributed by atoms with E-state index in [0.717, 1.165) is 48.5 Å². The Hall–Kier alpha value is -2.02. The smallest absolute Gasteiger partial charge is 0.175 e. The minimum absolute atomic E-state index is 0.380. The number of hydrogen-bond acceptors (Lipinski definition) is 4. The molecule has 1 aliphatic heterocycles. The number of aromatic amines is 1. The van der Waals surface area contributed by atoms with Crippen LogP contribution in [0.5, 0.6) is 0 Å². The van der Waals surface area contributed by atoms with E-state index in [9.17, 15) is 8.42 Å². The lowest BCUT2D eigenvalue weighted by atomic mass is 10.00. The van der Waals surface area contributed by atoms with E-state index in [4.69, 9.17) is 0 Å². The van der Waals surface area contributed by atoms with Crippen LogP contribution in [0, 0.1) is 0 Å². The summed E-state index contributed by atoms with van der Waals surface area (Å²) in [4.78, 5) is 6.13. The van der Waals surface area contributed by atoms with Crippen molar-refractivity contribution >= 4 is 38.1 Å². The molecule has 4 nitrogen and oxygen atoms in total. The van der Waals surface area contributed by atoms with Crippen LogP contribution < -0.4 is 0 Å². The first-order valence-corrected chi connectivity index (χ1v) is 12.9. The number of hydrogen-bond donors (Lipinski definition) is 1. The number of H-pyrrole nitrogens is 1. The summed E-state index contributed by atoms with van der Waals surface area (Å²) in [5, 5.41) is 1.01. The molecule has 29 heavy (non-hydrogen) atoms. The lowest BCUT2D eigenvalue weighted by Gasteiger charge is -2.26. The molecule has 0 fully saturated rings. The SMILES string of the molecule is CS(=O)(=O)c1ccc2[nH]cc(CSCCN3CC=C(c4ccccc4)CC3)c2c1. The molecular weight excluding hydrogens is 400 g/mol. The molecule has 0 spiro atoms. The topological polar surface area (TPSA) is 53.2 Å². The normalized spacial score (nSPS) is 15.6. The summed E-state index contributed by atoms with van der Waals surface area (Å²) in [6, 6.07) is 15.9. The zero-order valence-corrected chi connectivity index (χ0v) is 18.2. The number of aromatic nitrogens is 1. The van der Waals surface area contributed by atoms with E-state index < -0.39 is 9.84 Å². The highest BCUT2D eigenvalue weighted by Gasteiger charge is 2.13. The summed E-state index contributed by atoms with van der Waals surface area (Å²) >= 11 is 1.90. The molecule has 2 heterocycles. The van der Waals surface area contributed by atoms with Gasteiger partial charge in [-0.15, -0.1) is 0 Å². The highest BCUT2D eigenvalue weighted by atomic mass is 32.2. The van der Waals surface area contributed by atoms with Crippen LogP contribution >= 0.6 is 11.8 Å². The molecule has 3 aromatic rings. The standard InChI is InChI=1S/C23H26N2O2S2/c1-29(26,27)21-7-8-23-22(15-21)20(16-24-23)17-28-14-13-25-11-9-19(10-12-25)18-5-3-2-4-6-18/h2-9,15-16,24H,10-14,17H2,1H3. The molecule has 6 heteroatoms. The molecule has 0 saturated heterocycles. The van der Waals surface area contributed by atoms with Gasteiger partial charge in [0.2, 0.25) is 0 Å². The minimum Gasteiger partial charge on any atom is -0.361 e. The number of sulfone groups is 1. The maximum atomic E-state index is 11.8. The lowest BCUT2D eigenvalue weighted by Crippen LogP contribution is -2.30. The average molecular weight is 427 g/mol. The Morgan fingerprint density at radius 1 is 1.14 bits per heavy atom. The van der Waals surface area contributed by atoms with Crippen LogP contribution in [0.2, 0.25) is 0 Å². The molecule has 0 bridgehead atoms.